The second-order valence-corrected chi connectivity index (χ2v) is 8.29. The van der Waals surface area contributed by atoms with Gasteiger partial charge in [0.15, 0.2) is 6.04 Å². The Bertz CT molecular complexity index is 833. The number of nitrogens with one attached hydrogen (secondary N) is 1. The number of aromatic nitrogens is 3. The van der Waals surface area contributed by atoms with Gasteiger partial charge in [-0.2, -0.15) is 23.3 Å². The summed E-state index contributed by atoms with van der Waals surface area (Å²) in [7, 11) is 0. The number of piperidine rings is 1. The van der Waals surface area contributed by atoms with Gasteiger partial charge in [-0.3, -0.25) is 4.79 Å². The quantitative estimate of drug-likeness (QED) is 0.840. The zero-order chi connectivity index (χ0) is 19.2. The van der Waals surface area contributed by atoms with Crippen molar-refractivity contribution in [3.63, 3.8) is 0 Å². The second-order valence-electron chi connectivity index (χ2n) is 7.17. The summed E-state index contributed by atoms with van der Waals surface area (Å²) in [4.78, 5) is 19.5. The number of rotatable bonds is 2. The standard InChI is InChI=1S/C17H20F3N5OS/c1-10-5-12(8-27-10)15(26)24-4-2-3-11(7-24)13-6-14(17(18,19)20)25-16(23-13)21-9-22-25/h5,8-9,11,13-14H,2-4,6-7H2,1H3,(H,21,22,23)/t11?,13-,14+/m0/s1. The van der Waals surface area contributed by atoms with Gasteiger partial charge in [0, 0.05) is 29.4 Å². The van der Waals surface area contributed by atoms with Gasteiger partial charge in [-0.15, -0.1) is 11.3 Å². The minimum absolute atomic E-state index is 0.0459. The summed E-state index contributed by atoms with van der Waals surface area (Å²) in [6.45, 7) is 3.03. The highest BCUT2D eigenvalue weighted by atomic mass is 32.1. The van der Waals surface area contributed by atoms with Crippen LogP contribution in [-0.4, -0.2) is 50.9 Å². The molecule has 1 N–H and O–H groups in total. The molecule has 0 aliphatic carbocycles. The van der Waals surface area contributed by atoms with Crippen molar-refractivity contribution in [3.8, 4) is 0 Å². The van der Waals surface area contributed by atoms with Crippen LogP contribution in [0.5, 0.6) is 0 Å². The first-order valence-electron chi connectivity index (χ1n) is 8.90. The molecular formula is C17H20F3N5OS. The second kappa shape index (κ2) is 6.81. The summed E-state index contributed by atoms with van der Waals surface area (Å²) < 4.78 is 41.4. The van der Waals surface area contributed by atoms with Crippen molar-refractivity contribution in [2.75, 3.05) is 18.4 Å². The first kappa shape index (κ1) is 18.3. The third-order valence-corrected chi connectivity index (χ3v) is 6.19. The zero-order valence-corrected chi connectivity index (χ0v) is 15.6. The monoisotopic (exact) mass is 399 g/mol. The summed E-state index contributed by atoms with van der Waals surface area (Å²) in [6.07, 6.45) is -1.80. The molecule has 0 radical (unpaired) electrons. The van der Waals surface area contributed by atoms with Crippen LogP contribution in [0, 0.1) is 12.8 Å². The molecule has 10 heteroatoms. The van der Waals surface area contributed by atoms with E-state index in [1.165, 1.54) is 11.3 Å². The average molecular weight is 399 g/mol. The number of amides is 1. The number of thiophene rings is 1. The molecule has 3 atom stereocenters. The van der Waals surface area contributed by atoms with E-state index in [1.54, 1.807) is 4.90 Å². The number of hydrogen-bond acceptors (Lipinski definition) is 5. The van der Waals surface area contributed by atoms with Gasteiger partial charge in [-0.25, -0.2) is 4.68 Å². The fourth-order valence-electron chi connectivity index (χ4n) is 3.99. The maximum absolute atomic E-state index is 13.5. The summed E-state index contributed by atoms with van der Waals surface area (Å²) in [5, 5.41) is 8.67. The summed E-state index contributed by atoms with van der Waals surface area (Å²) >= 11 is 1.52. The van der Waals surface area contributed by atoms with Gasteiger partial charge >= 0.3 is 6.18 Å². The average Bonchev–Trinajstić information content (AvgIpc) is 3.28. The molecule has 2 aromatic rings. The number of alkyl halides is 3. The first-order valence-corrected chi connectivity index (χ1v) is 9.78. The Kier molecular flexibility index (Phi) is 4.61. The van der Waals surface area contributed by atoms with Gasteiger partial charge in [-0.1, -0.05) is 0 Å². The lowest BCUT2D eigenvalue weighted by atomic mass is 9.86. The van der Waals surface area contributed by atoms with Crippen LogP contribution in [0.15, 0.2) is 17.8 Å². The number of halogens is 3. The Morgan fingerprint density at radius 1 is 1.41 bits per heavy atom. The van der Waals surface area contributed by atoms with E-state index in [2.05, 4.69) is 15.4 Å². The van der Waals surface area contributed by atoms with Crippen molar-refractivity contribution in [1.29, 1.82) is 0 Å². The number of fused-ring (bicyclic) bond motifs is 1. The van der Waals surface area contributed by atoms with Crippen LogP contribution in [-0.2, 0) is 0 Å². The molecule has 1 saturated heterocycles. The van der Waals surface area contributed by atoms with Gasteiger partial charge in [0.1, 0.15) is 6.33 Å². The molecule has 0 saturated carbocycles. The van der Waals surface area contributed by atoms with Gasteiger partial charge < -0.3 is 10.2 Å². The highest BCUT2D eigenvalue weighted by Gasteiger charge is 2.48. The molecule has 1 fully saturated rings. The number of carbonyl (C=O) groups is 1. The van der Waals surface area contributed by atoms with Crippen LogP contribution in [0.25, 0.3) is 0 Å². The van der Waals surface area contributed by atoms with Crippen LogP contribution in [0.4, 0.5) is 19.1 Å². The number of anilines is 1. The van der Waals surface area contributed by atoms with E-state index in [1.807, 2.05) is 18.4 Å². The molecule has 0 spiro atoms. The van der Waals surface area contributed by atoms with Gasteiger partial charge in [0.25, 0.3) is 5.91 Å². The van der Waals surface area contributed by atoms with Crippen LogP contribution in [0.1, 0.15) is 40.5 Å². The molecule has 4 rings (SSSR count). The highest BCUT2D eigenvalue weighted by molar-refractivity contribution is 7.10. The molecule has 2 aliphatic rings. The molecule has 4 heterocycles. The summed E-state index contributed by atoms with van der Waals surface area (Å²) in [5.74, 6) is 0.0404. The lowest BCUT2D eigenvalue weighted by Crippen LogP contribution is -2.49. The molecule has 146 valence electrons. The normalized spacial score (nSPS) is 25.8. The minimum atomic E-state index is -4.39. The minimum Gasteiger partial charge on any atom is -0.351 e. The van der Waals surface area contributed by atoms with Crippen molar-refractivity contribution in [3.05, 3.63) is 28.2 Å². The zero-order valence-electron chi connectivity index (χ0n) is 14.7. The Morgan fingerprint density at radius 2 is 2.22 bits per heavy atom. The molecule has 2 aliphatic heterocycles. The van der Waals surface area contributed by atoms with Gasteiger partial charge in [-0.05, 0) is 38.2 Å². The first-order chi connectivity index (χ1) is 12.8. The number of carbonyl (C=O) groups excluding carboxylic acids is 1. The molecule has 0 bridgehead atoms. The van der Waals surface area contributed by atoms with Crippen LogP contribution in [0.3, 0.4) is 0 Å². The Labute approximate surface area is 158 Å². The number of nitrogens with zero attached hydrogens (tertiary/aromatic N) is 4. The van der Waals surface area contributed by atoms with E-state index in [-0.39, 0.29) is 24.2 Å². The largest absolute Gasteiger partial charge is 0.411 e. The molecule has 1 amide bonds. The number of hydrogen-bond donors (Lipinski definition) is 1. The lowest BCUT2D eigenvalue weighted by molar-refractivity contribution is -0.174. The number of likely N-dealkylation sites (tertiary alicyclic amines) is 1. The van der Waals surface area contributed by atoms with Crippen LogP contribution >= 0.6 is 11.3 Å². The van der Waals surface area contributed by atoms with Crippen LogP contribution in [0.2, 0.25) is 0 Å². The van der Waals surface area contributed by atoms with Crippen molar-refractivity contribution in [1.82, 2.24) is 19.7 Å². The maximum Gasteiger partial charge on any atom is 0.411 e. The fourth-order valence-corrected chi connectivity index (χ4v) is 4.67. The van der Waals surface area contributed by atoms with Crippen LogP contribution < -0.4 is 5.32 Å². The van der Waals surface area contributed by atoms with Crippen molar-refractivity contribution >= 4 is 23.2 Å². The van der Waals surface area contributed by atoms with E-state index in [0.29, 0.717) is 18.7 Å². The third kappa shape index (κ3) is 3.54. The smallest absolute Gasteiger partial charge is 0.351 e. The van der Waals surface area contributed by atoms with E-state index in [4.69, 9.17) is 0 Å². The maximum atomic E-state index is 13.5. The van der Waals surface area contributed by atoms with E-state index in [9.17, 15) is 18.0 Å². The SMILES string of the molecule is Cc1cc(C(=O)N2CCCC([C@@H]3C[C@H](C(F)(F)F)n4ncnc4N3)C2)cs1. The van der Waals surface area contributed by atoms with E-state index in [0.717, 1.165) is 28.7 Å². The molecule has 2 aromatic heterocycles. The summed E-state index contributed by atoms with van der Waals surface area (Å²) in [6, 6.07) is -0.225. The summed E-state index contributed by atoms with van der Waals surface area (Å²) in [5.41, 5.74) is 0.655. The third-order valence-electron chi connectivity index (χ3n) is 5.33. The molecule has 1 unspecified atom stereocenters. The highest BCUT2D eigenvalue weighted by Crippen LogP contribution is 2.41. The Hall–Kier alpha value is -2.10. The molecule has 6 nitrogen and oxygen atoms in total. The lowest BCUT2D eigenvalue weighted by Gasteiger charge is -2.41. The fraction of sp³-hybridized carbons (Fsp3) is 0.588. The number of aryl methyl sites for hydroxylation is 1. The van der Waals surface area contributed by atoms with Gasteiger partial charge in [0.05, 0.1) is 5.56 Å². The topological polar surface area (TPSA) is 63.1 Å². The Morgan fingerprint density at radius 3 is 2.93 bits per heavy atom. The van der Waals surface area contributed by atoms with Crippen molar-refractivity contribution < 1.29 is 18.0 Å². The predicted molar refractivity (Wildman–Crippen MR) is 94.8 cm³/mol. The molecular weight excluding hydrogens is 379 g/mol. The van der Waals surface area contributed by atoms with E-state index < -0.39 is 18.3 Å². The van der Waals surface area contributed by atoms with Crippen molar-refractivity contribution in [2.24, 2.45) is 5.92 Å². The molecule has 27 heavy (non-hydrogen) atoms. The molecule has 0 aromatic carbocycles. The van der Waals surface area contributed by atoms with Gasteiger partial charge in [0.2, 0.25) is 5.95 Å². The predicted octanol–water partition coefficient (Wildman–Crippen LogP) is 3.49. The van der Waals surface area contributed by atoms with E-state index >= 15 is 0 Å². The Balaban J connectivity index is 1.51. The van der Waals surface area contributed by atoms with Crippen molar-refractivity contribution in [2.45, 2.75) is 44.4 Å².